The number of unbranched alkanes of at least 4 members (excludes halogenated alkanes) is 14. The molecule has 0 aliphatic heterocycles. The molecule has 0 aliphatic carbocycles. The van der Waals surface area contributed by atoms with Gasteiger partial charge in [-0.1, -0.05) is 103 Å². The van der Waals surface area contributed by atoms with E-state index in [9.17, 15) is 13.0 Å². The van der Waals surface area contributed by atoms with Crippen LogP contribution < -0.4 is 0 Å². The molecule has 0 radical (unpaired) electrons. The van der Waals surface area contributed by atoms with Crippen molar-refractivity contribution < 1.29 is 18.1 Å². The molecule has 1 unspecified atom stereocenters. The van der Waals surface area contributed by atoms with E-state index in [1.807, 2.05) is 0 Å². The quantitative estimate of drug-likeness (QED) is 0.189. The third-order valence-electron chi connectivity index (χ3n) is 5.24. The summed E-state index contributed by atoms with van der Waals surface area (Å²) in [5, 5.41) is 8.14. The van der Waals surface area contributed by atoms with E-state index in [-0.39, 0.29) is 6.61 Å². The normalized spacial score (nSPS) is 13.2. The predicted octanol–water partition coefficient (Wildman–Crippen LogP) is 6.28. The first-order valence-electron chi connectivity index (χ1n) is 11.1. The Labute approximate surface area is 162 Å². The van der Waals surface area contributed by atoms with Crippen LogP contribution in [0.4, 0.5) is 0 Å². The largest absolute Gasteiger partial charge is 0.396 e. The van der Waals surface area contributed by atoms with Crippen LogP contribution in [0.25, 0.3) is 0 Å². The van der Waals surface area contributed by atoms with Gasteiger partial charge in [0.25, 0.3) is 10.1 Å². The van der Waals surface area contributed by atoms with Gasteiger partial charge in [0.05, 0.1) is 5.25 Å². The summed E-state index contributed by atoms with van der Waals surface area (Å²) in [5.74, 6) is 0. The van der Waals surface area contributed by atoms with Gasteiger partial charge >= 0.3 is 0 Å². The molecular formula is C21H44O4S. The Bertz CT molecular complexity index is 381. The highest BCUT2D eigenvalue weighted by molar-refractivity contribution is 7.86. The average molecular weight is 393 g/mol. The van der Waals surface area contributed by atoms with Gasteiger partial charge in [0.1, 0.15) is 0 Å². The molecular weight excluding hydrogens is 348 g/mol. The first-order valence-corrected chi connectivity index (χ1v) is 12.6. The topological polar surface area (TPSA) is 74.6 Å². The second-order valence-corrected chi connectivity index (χ2v) is 9.44. The maximum absolute atomic E-state index is 11.5. The summed E-state index contributed by atoms with van der Waals surface area (Å²) < 4.78 is 32.2. The molecule has 0 amide bonds. The van der Waals surface area contributed by atoms with Crippen LogP contribution in [0.2, 0.25) is 0 Å². The van der Waals surface area contributed by atoms with E-state index in [2.05, 4.69) is 6.92 Å². The lowest BCUT2D eigenvalue weighted by Crippen LogP contribution is -2.20. The van der Waals surface area contributed by atoms with E-state index in [1.54, 1.807) is 0 Å². The van der Waals surface area contributed by atoms with Crippen LogP contribution in [-0.2, 0) is 10.1 Å². The van der Waals surface area contributed by atoms with Crippen LogP contribution in [0.3, 0.4) is 0 Å². The summed E-state index contributed by atoms with van der Waals surface area (Å²) in [4.78, 5) is 0. The van der Waals surface area contributed by atoms with Crippen molar-refractivity contribution in [3.05, 3.63) is 0 Å². The molecule has 0 bridgehead atoms. The van der Waals surface area contributed by atoms with Crippen molar-refractivity contribution in [1.82, 2.24) is 0 Å². The highest BCUT2D eigenvalue weighted by Crippen LogP contribution is 2.19. The molecule has 0 aliphatic rings. The molecule has 4 nitrogen and oxygen atoms in total. The fourth-order valence-electron chi connectivity index (χ4n) is 3.49. The Kier molecular flexibility index (Phi) is 18.2. The van der Waals surface area contributed by atoms with Gasteiger partial charge in [-0.3, -0.25) is 4.55 Å². The van der Waals surface area contributed by atoms with Crippen molar-refractivity contribution in [1.29, 1.82) is 0 Å². The SMILES string of the molecule is CCCCCCCCCCCCCCCC(CCCCCO)S(=O)(=O)O. The highest BCUT2D eigenvalue weighted by atomic mass is 32.2. The van der Waals surface area contributed by atoms with Gasteiger partial charge in [0, 0.05) is 6.61 Å². The minimum atomic E-state index is -3.93. The Hall–Kier alpha value is -0.130. The Morgan fingerprint density at radius 3 is 1.31 bits per heavy atom. The van der Waals surface area contributed by atoms with Crippen LogP contribution in [0, 0.1) is 0 Å². The highest BCUT2D eigenvalue weighted by Gasteiger charge is 2.21. The maximum Gasteiger partial charge on any atom is 0.267 e. The lowest BCUT2D eigenvalue weighted by molar-refractivity contribution is 0.282. The van der Waals surface area contributed by atoms with Gasteiger partial charge in [-0.25, -0.2) is 0 Å². The van der Waals surface area contributed by atoms with E-state index in [4.69, 9.17) is 5.11 Å². The Morgan fingerprint density at radius 2 is 0.962 bits per heavy atom. The number of aliphatic hydroxyl groups is 1. The number of rotatable bonds is 20. The third-order valence-corrected chi connectivity index (χ3v) is 6.55. The van der Waals surface area contributed by atoms with Gasteiger partial charge in [0.15, 0.2) is 0 Å². The van der Waals surface area contributed by atoms with Gasteiger partial charge in [-0.15, -0.1) is 0 Å². The summed E-state index contributed by atoms with van der Waals surface area (Å²) in [6.45, 7) is 2.40. The monoisotopic (exact) mass is 392 g/mol. The first-order chi connectivity index (χ1) is 12.5. The molecule has 1 atom stereocenters. The summed E-state index contributed by atoms with van der Waals surface area (Å²) >= 11 is 0. The fraction of sp³-hybridized carbons (Fsp3) is 1.00. The Morgan fingerprint density at radius 1 is 0.615 bits per heavy atom. The summed E-state index contributed by atoms with van der Waals surface area (Å²) in [5.41, 5.74) is 0. The van der Waals surface area contributed by atoms with Gasteiger partial charge in [-0.05, 0) is 19.3 Å². The maximum atomic E-state index is 11.5. The van der Waals surface area contributed by atoms with Crippen molar-refractivity contribution >= 4 is 10.1 Å². The first kappa shape index (κ1) is 25.9. The Balaban J connectivity index is 3.52. The number of hydrogen-bond acceptors (Lipinski definition) is 3. The molecule has 0 fully saturated rings. The van der Waals surface area contributed by atoms with Crippen LogP contribution in [0.5, 0.6) is 0 Å². The van der Waals surface area contributed by atoms with Crippen LogP contribution in [-0.4, -0.2) is 29.9 Å². The molecule has 0 aromatic heterocycles. The summed E-state index contributed by atoms with van der Waals surface area (Å²) in [6, 6.07) is 0. The summed E-state index contributed by atoms with van der Waals surface area (Å²) in [6.07, 6.45) is 19.9. The molecule has 0 spiro atoms. The average Bonchev–Trinajstić information content (AvgIpc) is 2.59. The van der Waals surface area contributed by atoms with Crippen LogP contribution in [0.1, 0.15) is 122 Å². The van der Waals surface area contributed by atoms with Gasteiger partial charge < -0.3 is 5.11 Å². The molecule has 26 heavy (non-hydrogen) atoms. The molecule has 0 saturated carbocycles. The lowest BCUT2D eigenvalue weighted by atomic mass is 10.0. The van der Waals surface area contributed by atoms with Gasteiger partial charge in [0.2, 0.25) is 0 Å². The van der Waals surface area contributed by atoms with Crippen LogP contribution >= 0.6 is 0 Å². The second-order valence-electron chi connectivity index (χ2n) is 7.74. The van der Waals surface area contributed by atoms with Gasteiger partial charge in [-0.2, -0.15) is 8.42 Å². The molecule has 5 heteroatoms. The third kappa shape index (κ3) is 17.3. The zero-order valence-electron chi connectivity index (χ0n) is 17.1. The van der Waals surface area contributed by atoms with Crippen molar-refractivity contribution in [2.45, 2.75) is 128 Å². The zero-order valence-corrected chi connectivity index (χ0v) is 17.9. The van der Waals surface area contributed by atoms with Crippen molar-refractivity contribution in [3.8, 4) is 0 Å². The molecule has 0 rings (SSSR count). The number of hydrogen-bond donors (Lipinski definition) is 2. The van der Waals surface area contributed by atoms with Crippen LogP contribution in [0.15, 0.2) is 0 Å². The van der Waals surface area contributed by atoms with E-state index in [0.717, 1.165) is 25.7 Å². The van der Waals surface area contributed by atoms with E-state index < -0.39 is 15.4 Å². The molecule has 2 N–H and O–H groups in total. The van der Waals surface area contributed by atoms with E-state index in [0.29, 0.717) is 19.3 Å². The molecule has 0 heterocycles. The fourth-order valence-corrected chi connectivity index (χ4v) is 4.42. The minimum absolute atomic E-state index is 0.148. The van der Waals surface area contributed by atoms with Crippen molar-refractivity contribution in [2.24, 2.45) is 0 Å². The molecule has 0 saturated heterocycles. The van der Waals surface area contributed by atoms with E-state index >= 15 is 0 Å². The molecule has 0 aromatic carbocycles. The standard InChI is InChI=1S/C21H44O4S/c1-2-3-4-5-6-7-8-9-10-11-12-13-15-18-21(26(23,24)25)19-16-14-17-20-22/h21-22H,2-20H2,1H3,(H,23,24,25). The number of aliphatic hydroxyl groups excluding tert-OH is 1. The predicted molar refractivity (Wildman–Crippen MR) is 111 cm³/mol. The lowest BCUT2D eigenvalue weighted by Gasteiger charge is -2.13. The van der Waals surface area contributed by atoms with Crippen molar-refractivity contribution in [3.63, 3.8) is 0 Å². The minimum Gasteiger partial charge on any atom is -0.396 e. The smallest absolute Gasteiger partial charge is 0.267 e. The van der Waals surface area contributed by atoms with Crippen molar-refractivity contribution in [2.75, 3.05) is 6.61 Å². The molecule has 0 aromatic rings. The molecule has 158 valence electrons. The zero-order chi connectivity index (χ0) is 19.5. The summed E-state index contributed by atoms with van der Waals surface area (Å²) in [7, 11) is -3.93. The van der Waals surface area contributed by atoms with E-state index in [1.165, 1.54) is 70.6 Å². The second kappa shape index (κ2) is 18.2.